The van der Waals surface area contributed by atoms with Crippen LogP contribution in [0.15, 0.2) is 37.0 Å². The molecule has 0 rings (SSSR count). The van der Waals surface area contributed by atoms with Crippen LogP contribution >= 0.6 is 0 Å². The molecule has 25 heavy (non-hydrogen) atoms. The van der Waals surface area contributed by atoms with E-state index in [9.17, 15) is 0 Å². The molecule has 0 saturated carbocycles. The molecule has 0 aliphatic rings. The van der Waals surface area contributed by atoms with Gasteiger partial charge in [0.2, 0.25) is 0 Å². The third-order valence-electron chi connectivity index (χ3n) is 3.29. The highest BCUT2D eigenvalue weighted by atomic mass is 14.1. The minimum atomic E-state index is 1.03. The number of rotatable bonds is 9. The summed E-state index contributed by atoms with van der Waals surface area (Å²) in [5.41, 5.74) is 1.15. The van der Waals surface area contributed by atoms with Gasteiger partial charge in [0.15, 0.2) is 0 Å². The Labute approximate surface area is 163 Å². The van der Waals surface area contributed by atoms with Gasteiger partial charge in [-0.2, -0.15) is 0 Å². The standard InChI is InChI=1S/C10H22.C7H10.C4H10.2C2H6/c1-4-7-10(8-5-2)9-6-3;1-4-6-7(3)5-2;1-3-4-2;2*1-2/h10H,4-9H2,1-3H3;4-6H,1-2H2,3H3;3-4H2,1-2H3;2*1-2H3/b;7-6-;;;. The molecular weight excluding hydrogens is 300 g/mol. The Morgan fingerprint density at radius 1 is 0.680 bits per heavy atom. The van der Waals surface area contributed by atoms with Crippen molar-refractivity contribution in [1.82, 2.24) is 0 Å². The molecule has 0 spiro atoms. The predicted octanol–water partition coefficient (Wildman–Crippen LogP) is 10.2. The van der Waals surface area contributed by atoms with Gasteiger partial charge in [-0.3, -0.25) is 0 Å². The SMILES string of the molecule is C=C/C=C(/C)C=C.CC.CC.CCCC.CCCC(CCC)CCC. The summed E-state index contributed by atoms with van der Waals surface area (Å²) in [4.78, 5) is 0. The maximum atomic E-state index is 3.56. The van der Waals surface area contributed by atoms with Crippen LogP contribution in [0.5, 0.6) is 0 Å². The van der Waals surface area contributed by atoms with Crippen LogP contribution in [-0.4, -0.2) is 0 Å². The highest BCUT2D eigenvalue weighted by Gasteiger charge is 2.03. The highest BCUT2D eigenvalue weighted by Crippen LogP contribution is 2.18. The minimum absolute atomic E-state index is 1.03. The van der Waals surface area contributed by atoms with Crippen molar-refractivity contribution in [3.8, 4) is 0 Å². The van der Waals surface area contributed by atoms with Gasteiger partial charge in [-0.05, 0) is 12.8 Å². The predicted molar refractivity (Wildman–Crippen MR) is 126 cm³/mol. The zero-order chi connectivity index (χ0) is 20.9. The Balaban J connectivity index is -0.0000000775. The summed E-state index contributed by atoms with van der Waals surface area (Å²) in [5, 5.41) is 0. The molecule has 0 heterocycles. The Morgan fingerprint density at radius 2 is 1.00 bits per heavy atom. The minimum Gasteiger partial charge on any atom is -0.0991 e. The highest BCUT2D eigenvalue weighted by molar-refractivity contribution is 5.17. The van der Waals surface area contributed by atoms with Crippen molar-refractivity contribution in [3.63, 3.8) is 0 Å². The molecule has 0 bridgehead atoms. The van der Waals surface area contributed by atoms with E-state index < -0.39 is 0 Å². The van der Waals surface area contributed by atoms with E-state index in [1.165, 1.54) is 51.4 Å². The second kappa shape index (κ2) is 43.6. The van der Waals surface area contributed by atoms with E-state index in [4.69, 9.17) is 0 Å². The largest absolute Gasteiger partial charge is 0.0991 e. The van der Waals surface area contributed by atoms with Gasteiger partial charge in [0.25, 0.3) is 0 Å². The van der Waals surface area contributed by atoms with Crippen molar-refractivity contribution in [2.75, 3.05) is 0 Å². The first-order valence-electron chi connectivity index (χ1n) is 11.0. The molecule has 0 aromatic rings. The normalized spacial score (nSPS) is 9.00. The lowest BCUT2D eigenvalue weighted by Gasteiger charge is -2.12. The first-order valence-corrected chi connectivity index (χ1v) is 11.0. The summed E-state index contributed by atoms with van der Waals surface area (Å²) in [6.45, 7) is 28.3. The van der Waals surface area contributed by atoms with Crippen LogP contribution < -0.4 is 0 Å². The lowest BCUT2D eigenvalue weighted by atomic mass is 9.94. The van der Waals surface area contributed by atoms with Gasteiger partial charge < -0.3 is 0 Å². The molecular formula is C25H54. The maximum absolute atomic E-state index is 3.56. The molecule has 0 radical (unpaired) electrons. The van der Waals surface area contributed by atoms with E-state index >= 15 is 0 Å². The van der Waals surface area contributed by atoms with Gasteiger partial charge in [-0.15, -0.1) is 0 Å². The quantitative estimate of drug-likeness (QED) is 0.361. The summed E-state index contributed by atoms with van der Waals surface area (Å²) < 4.78 is 0. The van der Waals surface area contributed by atoms with E-state index in [1.807, 2.05) is 40.7 Å². The average molecular weight is 355 g/mol. The van der Waals surface area contributed by atoms with Gasteiger partial charge in [-0.1, -0.05) is 151 Å². The molecule has 0 aliphatic carbocycles. The Bertz CT molecular complexity index is 206. The maximum Gasteiger partial charge on any atom is -0.0398 e. The molecule has 0 aromatic heterocycles. The molecule has 0 aromatic carbocycles. The summed E-state index contributed by atoms with van der Waals surface area (Å²) >= 11 is 0. The third-order valence-corrected chi connectivity index (χ3v) is 3.29. The van der Waals surface area contributed by atoms with Gasteiger partial charge in [0, 0.05) is 0 Å². The first-order chi connectivity index (χ1) is 12.1. The average Bonchev–Trinajstić information content (AvgIpc) is 2.66. The van der Waals surface area contributed by atoms with Gasteiger partial charge >= 0.3 is 0 Å². The number of hydrogen-bond donors (Lipinski definition) is 0. The van der Waals surface area contributed by atoms with Crippen LogP contribution in [0.25, 0.3) is 0 Å². The van der Waals surface area contributed by atoms with Gasteiger partial charge in [-0.25, -0.2) is 0 Å². The number of unbranched alkanes of at least 4 members (excludes halogenated alkanes) is 1. The summed E-state index contributed by atoms with van der Waals surface area (Å²) in [6, 6.07) is 0. The molecule has 0 nitrogen and oxygen atoms in total. The number of allylic oxidation sites excluding steroid dienone is 4. The lowest BCUT2D eigenvalue weighted by molar-refractivity contribution is 0.407. The first kappa shape index (κ1) is 35.4. The van der Waals surface area contributed by atoms with Gasteiger partial charge in [0.05, 0.1) is 0 Å². The van der Waals surface area contributed by atoms with Crippen LogP contribution in [-0.2, 0) is 0 Å². The van der Waals surface area contributed by atoms with Crippen LogP contribution in [0, 0.1) is 5.92 Å². The van der Waals surface area contributed by atoms with E-state index in [0.29, 0.717) is 0 Å². The van der Waals surface area contributed by atoms with Crippen molar-refractivity contribution in [3.05, 3.63) is 37.0 Å². The molecule has 0 fully saturated rings. The molecule has 0 heteroatoms. The molecule has 154 valence electrons. The van der Waals surface area contributed by atoms with Crippen molar-refractivity contribution in [2.45, 2.75) is 121 Å². The summed E-state index contributed by atoms with van der Waals surface area (Å²) in [7, 11) is 0. The summed E-state index contributed by atoms with van der Waals surface area (Å²) in [6.07, 6.45) is 16.5. The second-order valence-electron chi connectivity index (χ2n) is 5.58. The molecule has 0 atom stereocenters. The summed E-state index contributed by atoms with van der Waals surface area (Å²) in [5.74, 6) is 1.03. The van der Waals surface area contributed by atoms with E-state index in [1.54, 1.807) is 12.2 Å². The van der Waals surface area contributed by atoms with Crippen LogP contribution in [0.2, 0.25) is 0 Å². The van der Waals surface area contributed by atoms with Crippen molar-refractivity contribution in [1.29, 1.82) is 0 Å². The molecule has 0 N–H and O–H groups in total. The van der Waals surface area contributed by atoms with Crippen molar-refractivity contribution < 1.29 is 0 Å². The fourth-order valence-electron chi connectivity index (χ4n) is 1.91. The van der Waals surface area contributed by atoms with E-state index in [-0.39, 0.29) is 0 Å². The topological polar surface area (TPSA) is 0 Å². The third kappa shape index (κ3) is 51.7. The van der Waals surface area contributed by atoms with Crippen molar-refractivity contribution in [2.24, 2.45) is 5.92 Å². The van der Waals surface area contributed by atoms with Crippen LogP contribution in [0.4, 0.5) is 0 Å². The smallest absolute Gasteiger partial charge is 0.0398 e. The molecule has 0 saturated heterocycles. The van der Waals surface area contributed by atoms with Crippen LogP contribution in [0.3, 0.4) is 0 Å². The Hall–Kier alpha value is -0.780. The zero-order valence-electron chi connectivity index (χ0n) is 19.9. The lowest BCUT2D eigenvalue weighted by Crippen LogP contribution is -1.98. The fourth-order valence-corrected chi connectivity index (χ4v) is 1.91. The molecule has 0 unspecified atom stereocenters. The molecule has 0 amide bonds. The zero-order valence-corrected chi connectivity index (χ0v) is 19.9. The Kier molecular flexibility index (Phi) is 61.6. The monoisotopic (exact) mass is 354 g/mol. The number of hydrogen-bond acceptors (Lipinski definition) is 0. The Morgan fingerprint density at radius 3 is 1.12 bits per heavy atom. The van der Waals surface area contributed by atoms with Gasteiger partial charge in [0.1, 0.15) is 0 Å². The van der Waals surface area contributed by atoms with Crippen LogP contribution in [0.1, 0.15) is 121 Å². The molecule has 0 aliphatic heterocycles. The fraction of sp³-hybridized carbons (Fsp3) is 0.760. The van der Waals surface area contributed by atoms with Crippen molar-refractivity contribution >= 4 is 0 Å². The second-order valence-corrected chi connectivity index (χ2v) is 5.58. The van der Waals surface area contributed by atoms with E-state index in [0.717, 1.165) is 11.5 Å². The van der Waals surface area contributed by atoms with E-state index in [2.05, 4.69) is 47.8 Å².